The Bertz CT molecular complexity index is 440. The number of hydrogen-bond donors (Lipinski definition) is 1. The van der Waals surface area contributed by atoms with Crippen LogP contribution in [0.3, 0.4) is 0 Å². The lowest BCUT2D eigenvalue weighted by Gasteiger charge is -2.40. The first-order chi connectivity index (χ1) is 9.19. The maximum atomic E-state index is 10.7. The van der Waals surface area contributed by atoms with Gasteiger partial charge in [-0.25, -0.2) is 0 Å². The topological polar surface area (TPSA) is 29.5 Å². The van der Waals surface area contributed by atoms with E-state index in [1.165, 1.54) is 29.3 Å². The van der Waals surface area contributed by atoms with E-state index < -0.39 is 0 Å². The van der Waals surface area contributed by atoms with Gasteiger partial charge in [-0.15, -0.1) is 0 Å². The Hall–Kier alpha value is -0.130. The molecule has 3 heteroatoms. The molecule has 2 atom stereocenters. The number of ether oxygens (including phenoxy) is 1. The van der Waals surface area contributed by atoms with Gasteiger partial charge in [0.05, 0.1) is 11.7 Å². The van der Waals surface area contributed by atoms with Crippen LogP contribution >= 0.6 is 22.6 Å². The Kier molecular flexibility index (Phi) is 4.15. The van der Waals surface area contributed by atoms with Crippen LogP contribution in [0.2, 0.25) is 0 Å². The molecule has 0 amide bonds. The molecule has 0 aromatic heterocycles. The highest BCUT2D eigenvalue weighted by Gasteiger charge is 2.41. The van der Waals surface area contributed by atoms with Crippen molar-refractivity contribution in [2.45, 2.75) is 50.2 Å². The lowest BCUT2D eigenvalue weighted by atomic mass is 9.80. The zero-order valence-corrected chi connectivity index (χ0v) is 13.3. The molecular formula is C16H21IO2. The van der Waals surface area contributed by atoms with Crippen molar-refractivity contribution in [2.75, 3.05) is 6.61 Å². The van der Waals surface area contributed by atoms with E-state index in [1.54, 1.807) is 0 Å². The van der Waals surface area contributed by atoms with Crippen LogP contribution < -0.4 is 0 Å². The lowest BCUT2D eigenvalue weighted by Crippen LogP contribution is -2.39. The third-order valence-corrected chi connectivity index (χ3v) is 5.35. The minimum Gasteiger partial charge on any atom is -0.388 e. The van der Waals surface area contributed by atoms with Crippen molar-refractivity contribution < 1.29 is 9.84 Å². The van der Waals surface area contributed by atoms with Gasteiger partial charge >= 0.3 is 0 Å². The second-order valence-corrected chi connectivity index (χ2v) is 7.24. The zero-order chi connectivity index (χ0) is 13.3. The summed E-state index contributed by atoms with van der Waals surface area (Å²) < 4.78 is 7.25. The molecule has 1 saturated heterocycles. The normalized spacial score (nSPS) is 27.6. The predicted molar refractivity (Wildman–Crippen MR) is 84.0 cm³/mol. The van der Waals surface area contributed by atoms with Crippen LogP contribution in [0.1, 0.15) is 50.2 Å². The van der Waals surface area contributed by atoms with E-state index in [1.807, 2.05) is 12.1 Å². The first-order valence-electron chi connectivity index (χ1n) is 7.26. The number of benzene rings is 1. The summed E-state index contributed by atoms with van der Waals surface area (Å²) in [5.41, 5.74) is 1.15. The average molecular weight is 372 g/mol. The summed E-state index contributed by atoms with van der Waals surface area (Å²) in [5, 5.41) is 10.7. The molecular weight excluding hydrogens is 351 g/mol. The van der Waals surface area contributed by atoms with Gasteiger partial charge in [-0.3, -0.25) is 0 Å². The molecule has 3 rings (SSSR count). The van der Waals surface area contributed by atoms with Crippen molar-refractivity contribution >= 4 is 22.6 Å². The zero-order valence-electron chi connectivity index (χ0n) is 11.1. The third-order valence-electron chi connectivity index (χ3n) is 4.68. The second-order valence-electron chi connectivity index (χ2n) is 5.99. The van der Waals surface area contributed by atoms with Crippen LogP contribution in [0.5, 0.6) is 0 Å². The maximum absolute atomic E-state index is 10.7. The summed E-state index contributed by atoms with van der Waals surface area (Å²) in [5.74, 6) is 0.352. The fourth-order valence-electron chi connectivity index (χ4n) is 3.67. The summed E-state index contributed by atoms with van der Waals surface area (Å²) in [4.78, 5) is 0. The molecule has 1 N–H and O–H groups in total. The van der Waals surface area contributed by atoms with Gasteiger partial charge in [-0.05, 0) is 71.9 Å². The molecule has 0 radical (unpaired) electrons. The first kappa shape index (κ1) is 13.8. The molecule has 19 heavy (non-hydrogen) atoms. The molecule has 2 fully saturated rings. The van der Waals surface area contributed by atoms with Crippen LogP contribution in [0.25, 0.3) is 0 Å². The Balaban J connectivity index is 1.74. The Morgan fingerprint density at radius 3 is 2.84 bits per heavy atom. The Morgan fingerprint density at radius 1 is 1.32 bits per heavy atom. The summed E-state index contributed by atoms with van der Waals surface area (Å²) >= 11 is 2.31. The van der Waals surface area contributed by atoms with Crippen LogP contribution in [-0.2, 0) is 4.74 Å². The molecule has 1 aliphatic heterocycles. The van der Waals surface area contributed by atoms with Gasteiger partial charge in [0.2, 0.25) is 0 Å². The molecule has 104 valence electrons. The predicted octanol–water partition coefficient (Wildman–Crippen LogP) is 4.06. The molecule has 1 aromatic carbocycles. The Morgan fingerprint density at radius 2 is 2.11 bits per heavy atom. The molecule has 2 nitrogen and oxygen atoms in total. The van der Waals surface area contributed by atoms with Gasteiger partial charge in [0, 0.05) is 10.2 Å². The minimum atomic E-state index is -0.337. The van der Waals surface area contributed by atoms with Crippen molar-refractivity contribution in [3.63, 3.8) is 0 Å². The van der Waals surface area contributed by atoms with E-state index in [9.17, 15) is 5.11 Å². The highest BCUT2D eigenvalue weighted by Crippen LogP contribution is 2.45. The van der Waals surface area contributed by atoms with Crippen LogP contribution in [0.4, 0.5) is 0 Å². The van der Waals surface area contributed by atoms with E-state index in [0.29, 0.717) is 5.92 Å². The van der Waals surface area contributed by atoms with Gasteiger partial charge in [0.1, 0.15) is 0 Å². The van der Waals surface area contributed by atoms with E-state index in [2.05, 4.69) is 34.7 Å². The molecule has 2 unspecified atom stereocenters. The second kappa shape index (κ2) is 5.70. The number of hydrogen-bond acceptors (Lipinski definition) is 2. The van der Waals surface area contributed by atoms with Crippen molar-refractivity contribution in [2.24, 2.45) is 5.92 Å². The molecule has 1 spiro atoms. The van der Waals surface area contributed by atoms with Gasteiger partial charge in [-0.1, -0.05) is 25.0 Å². The van der Waals surface area contributed by atoms with E-state index in [4.69, 9.17) is 4.74 Å². The van der Waals surface area contributed by atoms with E-state index in [0.717, 1.165) is 25.0 Å². The van der Waals surface area contributed by atoms with E-state index >= 15 is 0 Å². The highest BCUT2D eigenvalue weighted by atomic mass is 127. The van der Waals surface area contributed by atoms with Crippen molar-refractivity contribution in [3.05, 3.63) is 33.4 Å². The fraction of sp³-hybridized carbons (Fsp3) is 0.625. The van der Waals surface area contributed by atoms with Crippen molar-refractivity contribution in [1.29, 1.82) is 0 Å². The van der Waals surface area contributed by atoms with Crippen LogP contribution in [0.15, 0.2) is 24.3 Å². The minimum absolute atomic E-state index is 0.0891. The summed E-state index contributed by atoms with van der Waals surface area (Å²) in [6.45, 7) is 0.811. The molecule has 1 saturated carbocycles. The Labute approximate surface area is 128 Å². The number of rotatable bonds is 2. The smallest absolute Gasteiger partial charge is 0.0820 e. The van der Waals surface area contributed by atoms with Crippen LogP contribution in [0, 0.1) is 9.49 Å². The SMILES string of the molecule is OC(c1cccc(I)c1)C1CCOC2(CCCC2)C1. The number of aliphatic hydroxyl groups excluding tert-OH is 1. The van der Waals surface area contributed by atoms with Crippen LogP contribution in [-0.4, -0.2) is 17.3 Å². The quantitative estimate of drug-likeness (QED) is 0.794. The number of aliphatic hydroxyl groups is 1. The molecule has 1 heterocycles. The summed E-state index contributed by atoms with van der Waals surface area (Å²) in [7, 11) is 0. The maximum Gasteiger partial charge on any atom is 0.0820 e. The van der Waals surface area contributed by atoms with Gasteiger partial charge in [0.15, 0.2) is 0 Å². The fourth-order valence-corrected chi connectivity index (χ4v) is 4.23. The molecule has 1 aliphatic carbocycles. The van der Waals surface area contributed by atoms with E-state index in [-0.39, 0.29) is 11.7 Å². The largest absolute Gasteiger partial charge is 0.388 e. The molecule has 2 aliphatic rings. The first-order valence-corrected chi connectivity index (χ1v) is 8.34. The average Bonchev–Trinajstić information content (AvgIpc) is 2.86. The molecule has 1 aromatic rings. The van der Waals surface area contributed by atoms with Gasteiger partial charge in [-0.2, -0.15) is 0 Å². The lowest BCUT2D eigenvalue weighted by molar-refractivity contribution is -0.113. The third kappa shape index (κ3) is 2.98. The summed E-state index contributed by atoms with van der Waals surface area (Å²) in [6, 6.07) is 8.25. The van der Waals surface area contributed by atoms with Gasteiger partial charge < -0.3 is 9.84 Å². The van der Waals surface area contributed by atoms with Crippen molar-refractivity contribution in [3.8, 4) is 0 Å². The standard InChI is InChI=1S/C16H21IO2/c17-14-5-3-4-12(10-14)15(18)13-6-9-19-16(11-13)7-1-2-8-16/h3-5,10,13,15,18H,1-2,6-9,11H2. The monoisotopic (exact) mass is 372 g/mol. The summed E-state index contributed by atoms with van der Waals surface area (Å²) in [6.07, 6.45) is 6.60. The number of halogens is 1. The van der Waals surface area contributed by atoms with Crippen molar-refractivity contribution in [1.82, 2.24) is 0 Å². The molecule has 0 bridgehead atoms. The van der Waals surface area contributed by atoms with Gasteiger partial charge in [0.25, 0.3) is 0 Å². The highest BCUT2D eigenvalue weighted by molar-refractivity contribution is 14.1.